The Kier molecular flexibility index (Phi) is 6.55. The molecule has 1 aromatic heterocycles. The van der Waals surface area contributed by atoms with E-state index in [9.17, 15) is 9.59 Å². The molecular formula is C25H27N3O3S. The molecule has 166 valence electrons. The number of aryl methyl sites for hydroxylation is 2. The van der Waals surface area contributed by atoms with Crippen molar-refractivity contribution in [3.63, 3.8) is 0 Å². The van der Waals surface area contributed by atoms with E-state index in [1.165, 1.54) is 11.3 Å². The first-order valence-corrected chi connectivity index (χ1v) is 11.6. The maximum atomic E-state index is 12.8. The number of methoxy groups -OCH3 is 1. The summed E-state index contributed by atoms with van der Waals surface area (Å²) in [4.78, 5) is 33.2. The van der Waals surface area contributed by atoms with Crippen LogP contribution in [0.2, 0.25) is 0 Å². The van der Waals surface area contributed by atoms with Crippen molar-refractivity contribution >= 4 is 28.3 Å². The maximum Gasteiger partial charge on any atom is 0.254 e. The highest BCUT2D eigenvalue weighted by atomic mass is 32.1. The highest BCUT2D eigenvalue weighted by Gasteiger charge is 2.29. The van der Waals surface area contributed by atoms with Gasteiger partial charge in [0.2, 0.25) is 5.91 Å². The summed E-state index contributed by atoms with van der Waals surface area (Å²) in [7, 11) is 1.64. The molecule has 6 nitrogen and oxygen atoms in total. The molecule has 1 saturated heterocycles. The third kappa shape index (κ3) is 4.67. The fraction of sp³-hybridized carbons (Fsp3) is 0.320. The lowest BCUT2D eigenvalue weighted by Crippen LogP contribution is -2.41. The van der Waals surface area contributed by atoms with Gasteiger partial charge in [0.15, 0.2) is 5.13 Å². The predicted molar refractivity (Wildman–Crippen MR) is 127 cm³/mol. The Labute approximate surface area is 192 Å². The van der Waals surface area contributed by atoms with Crippen LogP contribution in [0.4, 0.5) is 5.13 Å². The fourth-order valence-corrected chi connectivity index (χ4v) is 4.84. The first-order chi connectivity index (χ1) is 15.5. The molecule has 7 heteroatoms. The quantitative estimate of drug-likeness (QED) is 0.600. The molecular weight excluding hydrogens is 422 g/mol. The van der Waals surface area contributed by atoms with E-state index >= 15 is 0 Å². The summed E-state index contributed by atoms with van der Waals surface area (Å²) in [5.74, 6) is 0.691. The van der Waals surface area contributed by atoms with Crippen LogP contribution >= 0.6 is 11.3 Å². The third-order valence-electron chi connectivity index (χ3n) is 5.92. The van der Waals surface area contributed by atoms with E-state index in [4.69, 9.17) is 4.74 Å². The zero-order valence-corrected chi connectivity index (χ0v) is 19.4. The normalized spacial score (nSPS) is 14.3. The van der Waals surface area contributed by atoms with Crippen LogP contribution in [0.1, 0.15) is 33.6 Å². The summed E-state index contributed by atoms with van der Waals surface area (Å²) >= 11 is 1.48. The van der Waals surface area contributed by atoms with Gasteiger partial charge in [-0.15, -0.1) is 11.3 Å². The Hall–Kier alpha value is -3.19. The van der Waals surface area contributed by atoms with E-state index in [2.05, 4.69) is 10.3 Å². The molecule has 1 N–H and O–H groups in total. The summed E-state index contributed by atoms with van der Waals surface area (Å²) in [6.45, 7) is 5.12. The van der Waals surface area contributed by atoms with E-state index in [-0.39, 0.29) is 17.7 Å². The van der Waals surface area contributed by atoms with Gasteiger partial charge >= 0.3 is 0 Å². The number of ether oxygens (including phenoxy) is 1. The van der Waals surface area contributed by atoms with E-state index in [1.807, 2.05) is 67.3 Å². The molecule has 1 aliphatic rings. The lowest BCUT2D eigenvalue weighted by atomic mass is 9.95. The Morgan fingerprint density at radius 1 is 1.06 bits per heavy atom. The first kappa shape index (κ1) is 22.0. The van der Waals surface area contributed by atoms with E-state index in [0.717, 1.165) is 33.0 Å². The number of thiazole rings is 1. The Morgan fingerprint density at radius 2 is 1.75 bits per heavy atom. The van der Waals surface area contributed by atoms with Gasteiger partial charge in [-0.2, -0.15) is 0 Å². The van der Waals surface area contributed by atoms with Crippen molar-refractivity contribution in [3.05, 3.63) is 64.5 Å². The van der Waals surface area contributed by atoms with Crippen LogP contribution in [-0.2, 0) is 4.79 Å². The highest BCUT2D eigenvalue weighted by molar-refractivity contribution is 7.16. The van der Waals surface area contributed by atoms with Crippen LogP contribution in [0.25, 0.3) is 11.3 Å². The minimum Gasteiger partial charge on any atom is -0.497 e. The van der Waals surface area contributed by atoms with Gasteiger partial charge in [-0.3, -0.25) is 9.59 Å². The Morgan fingerprint density at radius 3 is 2.41 bits per heavy atom. The van der Waals surface area contributed by atoms with Crippen molar-refractivity contribution in [1.29, 1.82) is 0 Å². The number of anilines is 1. The minimum atomic E-state index is -0.121. The molecule has 0 saturated carbocycles. The van der Waals surface area contributed by atoms with Crippen molar-refractivity contribution in [2.24, 2.45) is 5.92 Å². The number of likely N-dealkylation sites (tertiary alicyclic amines) is 1. The van der Waals surface area contributed by atoms with Crippen LogP contribution in [-0.4, -0.2) is 41.9 Å². The summed E-state index contributed by atoms with van der Waals surface area (Å²) in [5, 5.41) is 3.60. The number of aromatic nitrogens is 1. The number of carbonyl (C=O) groups is 2. The summed E-state index contributed by atoms with van der Waals surface area (Å²) in [6.07, 6.45) is 1.30. The predicted octanol–water partition coefficient (Wildman–Crippen LogP) is 4.93. The van der Waals surface area contributed by atoms with Gasteiger partial charge in [-0.25, -0.2) is 4.98 Å². The summed E-state index contributed by atoms with van der Waals surface area (Å²) in [5.41, 5.74) is 3.57. The molecule has 0 spiro atoms. The molecule has 4 rings (SSSR count). The molecule has 0 atom stereocenters. The van der Waals surface area contributed by atoms with Crippen LogP contribution in [0.5, 0.6) is 5.75 Å². The SMILES string of the molecule is COc1ccc(-c2nc(NC(=O)C3CCN(C(=O)c4ccccc4C)CC3)sc2C)cc1. The molecule has 0 unspecified atom stereocenters. The van der Waals surface area contributed by atoms with Gasteiger partial charge in [-0.1, -0.05) is 18.2 Å². The third-order valence-corrected chi connectivity index (χ3v) is 6.80. The second kappa shape index (κ2) is 9.53. The van der Waals surface area contributed by atoms with E-state index < -0.39 is 0 Å². The van der Waals surface area contributed by atoms with Crippen molar-refractivity contribution in [3.8, 4) is 17.0 Å². The average Bonchev–Trinajstić information content (AvgIpc) is 3.18. The van der Waals surface area contributed by atoms with Gasteiger partial charge in [0.05, 0.1) is 12.8 Å². The summed E-state index contributed by atoms with van der Waals surface area (Å²) in [6, 6.07) is 15.4. The van der Waals surface area contributed by atoms with Crippen LogP contribution in [0.3, 0.4) is 0 Å². The van der Waals surface area contributed by atoms with Crippen molar-refractivity contribution in [2.75, 3.05) is 25.5 Å². The average molecular weight is 450 g/mol. The Bertz CT molecular complexity index is 1120. The van der Waals surface area contributed by atoms with Crippen LogP contribution < -0.4 is 10.1 Å². The van der Waals surface area contributed by atoms with Crippen LogP contribution in [0.15, 0.2) is 48.5 Å². The molecule has 3 aromatic rings. The molecule has 1 fully saturated rings. The van der Waals surface area contributed by atoms with Gasteiger partial charge < -0.3 is 15.0 Å². The van der Waals surface area contributed by atoms with Crippen LogP contribution in [0, 0.1) is 19.8 Å². The lowest BCUT2D eigenvalue weighted by molar-refractivity contribution is -0.121. The second-order valence-electron chi connectivity index (χ2n) is 8.02. The topological polar surface area (TPSA) is 71.5 Å². The van der Waals surface area contributed by atoms with Crippen molar-refractivity contribution in [2.45, 2.75) is 26.7 Å². The molecule has 2 heterocycles. The molecule has 2 aromatic carbocycles. The van der Waals surface area contributed by atoms with E-state index in [0.29, 0.717) is 31.1 Å². The number of carbonyl (C=O) groups excluding carboxylic acids is 2. The molecule has 1 aliphatic heterocycles. The minimum absolute atomic E-state index is 0.0250. The molecule has 0 bridgehead atoms. The lowest BCUT2D eigenvalue weighted by Gasteiger charge is -2.31. The van der Waals surface area contributed by atoms with Gasteiger partial charge in [0.1, 0.15) is 5.75 Å². The number of amides is 2. The first-order valence-electron chi connectivity index (χ1n) is 10.7. The highest BCUT2D eigenvalue weighted by Crippen LogP contribution is 2.32. The van der Waals surface area contributed by atoms with Crippen molar-refractivity contribution < 1.29 is 14.3 Å². The second-order valence-corrected chi connectivity index (χ2v) is 9.23. The summed E-state index contributed by atoms with van der Waals surface area (Å²) < 4.78 is 5.21. The zero-order chi connectivity index (χ0) is 22.7. The standard InChI is InChI=1S/C25H27N3O3S/c1-16-6-4-5-7-21(16)24(30)28-14-12-19(13-15-28)23(29)27-25-26-22(17(2)32-25)18-8-10-20(31-3)11-9-18/h4-11,19H,12-15H2,1-3H3,(H,26,27,29). The zero-order valence-electron chi connectivity index (χ0n) is 18.6. The van der Waals surface area contributed by atoms with Gasteiger partial charge in [0, 0.05) is 35.0 Å². The number of hydrogen-bond donors (Lipinski definition) is 1. The number of rotatable bonds is 5. The Balaban J connectivity index is 1.36. The van der Waals surface area contributed by atoms with E-state index in [1.54, 1.807) is 7.11 Å². The smallest absolute Gasteiger partial charge is 0.254 e. The number of nitrogens with one attached hydrogen (secondary N) is 1. The number of piperidine rings is 1. The van der Waals surface area contributed by atoms with Gasteiger partial charge in [0.25, 0.3) is 5.91 Å². The maximum absolute atomic E-state index is 12.8. The number of hydrogen-bond acceptors (Lipinski definition) is 5. The monoisotopic (exact) mass is 449 g/mol. The molecule has 0 radical (unpaired) electrons. The molecule has 2 amide bonds. The molecule has 0 aliphatic carbocycles. The van der Waals surface area contributed by atoms with Gasteiger partial charge in [-0.05, 0) is 62.6 Å². The number of benzene rings is 2. The largest absolute Gasteiger partial charge is 0.497 e. The fourth-order valence-electron chi connectivity index (χ4n) is 4.00. The molecule has 32 heavy (non-hydrogen) atoms. The number of nitrogens with zero attached hydrogens (tertiary/aromatic N) is 2. The van der Waals surface area contributed by atoms with Crippen molar-refractivity contribution in [1.82, 2.24) is 9.88 Å².